The summed E-state index contributed by atoms with van der Waals surface area (Å²) in [6, 6.07) is 16.4. The molecule has 0 saturated carbocycles. The molecule has 30 heavy (non-hydrogen) atoms. The summed E-state index contributed by atoms with van der Waals surface area (Å²) in [5.74, 6) is -0.244. The number of para-hydroxylation sites is 1. The highest BCUT2D eigenvalue weighted by molar-refractivity contribution is 6.04. The Hall–Kier alpha value is -2.99. The van der Waals surface area contributed by atoms with E-state index in [1.165, 1.54) is 30.4 Å². The van der Waals surface area contributed by atoms with E-state index < -0.39 is 0 Å². The molecule has 4 rings (SSSR count). The number of fused-ring (bicyclic) bond motifs is 1. The fourth-order valence-corrected chi connectivity index (χ4v) is 4.05. The molecule has 1 aliphatic rings. The second kappa shape index (κ2) is 9.67. The van der Waals surface area contributed by atoms with E-state index in [2.05, 4.69) is 15.3 Å². The summed E-state index contributed by atoms with van der Waals surface area (Å²) in [5.41, 5.74) is 0.696. The van der Waals surface area contributed by atoms with Gasteiger partial charge >= 0.3 is 0 Å². The summed E-state index contributed by atoms with van der Waals surface area (Å²) in [4.78, 5) is 28.4. The molecule has 1 aliphatic heterocycles. The van der Waals surface area contributed by atoms with E-state index in [9.17, 15) is 9.59 Å². The maximum absolute atomic E-state index is 13.0. The molecule has 0 atom stereocenters. The molecular weight excluding hydrogens is 376 g/mol. The molecule has 6 heteroatoms. The molecule has 0 spiro atoms. The number of aromatic nitrogens is 2. The summed E-state index contributed by atoms with van der Waals surface area (Å²) >= 11 is 0. The van der Waals surface area contributed by atoms with Gasteiger partial charge in [0.05, 0.1) is 11.1 Å². The molecule has 6 nitrogen and oxygen atoms in total. The normalized spacial score (nSPS) is 15.1. The Labute approximate surface area is 176 Å². The molecule has 1 saturated heterocycles. The summed E-state index contributed by atoms with van der Waals surface area (Å²) in [5, 5.41) is 8.51. The first-order valence-corrected chi connectivity index (χ1v) is 10.8. The second-order valence-electron chi connectivity index (χ2n) is 7.81. The van der Waals surface area contributed by atoms with E-state index in [1.807, 2.05) is 42.5 Å². The number of carbonyl (C=O) groups is 1. The van der Waals surface area contributed by atoms with Crippen LogP contribution in [0.4, 0.5) is 0 Å². The third-order valence-corrected chi connectivity index (χ3v) is 5.66. The lowest BCUT2D eigenvalue weighted by molar-refractivity contribution is 0.0947. The lowest BCUT2D eigenvalue weighted by Crippen LogP contribution is -2.32. The Kier molecular flexibility index (Phi) is 6.54. The van der Waals surface area contributed by atoms with Gasteiger partial charge in [0.1, 0.15) is 0 Å². The van der Waals surface area contributed by atoms with Gasteiger partial charge in [-0.1, -0.05) is 49.2 Å². The molecule has 1 amide bonds. The van der Waals surface area contributed by atoms with Gasteiger partial charge in [0.2, 0.25) is 0 Å². The molecule has 0 unspecified atom stereocenters. The fraction of sp³-hybridized carbons (Fsp3) is 0.375. The molecule has 1 N–H and O–H groups in total. The zero-order valence-corrected chi connectivity index (χ0v) is 17.2. The van der Waals surface area contributed by atoms with Crippen LogP contribution in [0, 0.1) is 0 Å². The number of benzene rings is 2. The van der Waals surface area contributed by atoms with E-state index in [-0.39, 0.29) is 17.2 Å². The van der Waals surface area contributed by atoms with E-state index in [1.54, 1.807) is 12.1 Å². The van der Waals surface area contributed by atoms with Gasteiger partial charge in [-0.05, 0) is 57.1 Å². The largest absolute Gasteiger partial charge is 0.351 e. The van der Waals surface area contributed by atoms with Crippen molar-refractivity contribution in [2.45, 2.75) is 32.1 Å². The zero-order chi connectivity index (χ0) is 20.8. The van der Waals surface area contributed by atoms with Crippen molar-refractivity contribution in [1.29, 1.82) is 0 Å². The fourth-order valence-electron chi connectivity index (χ4n) is 4.05. The average Bonchev–Trinajstić information content (AvgIpc) is 3.06. The van der Waals surface area contributed by atoms with Gasteiger partial charge in [0.15, 0.2) is 5.69 Å². The first-order valence-electron chi connectivity index (χ1n) is 10.8. The van der Waals surface area contributed by atoms with Crippen LogP contribution in [0.1, 0.15) is 42.6 Å². The SMILES string of the molecule is O=C(NCCCN1CCCCCC1)c1nn(-c2ccccc2)c(=O)c2ccccc12. The molecule has 0 aliphatic carbocycles. The van der Waals surface area contributed by atoms with Crippen molar-refractivity contribution in [2.75, 3.05) is 26.2 Å². The van der Waals surface area contributed by atoms with Crippen LogP contribution >= 0.6 is 0 Å². The molecule has 0 radical (unpaired) electrons. The number of amides is 1. The minimum atomic E-state index is -0.244. The van der Waals surface area contributed by atoms with E-state index >= 15 is 0 Å². The zero-order valence-electron chi connectivity index (χ0n) is 17.2. The van der Waals surface area contributed by atoms with Crippen molar-refractivity contribution in [3.05, 3.63) is 70.6 Å². The van der Waals surface area contributed by atoms with Crippen LogP contribution in [-0.2, 0) is 0 Å². The van der Waals surface area contributed by atoms with Crippen LogP contribution in [0.5, 0.6) is 0 Å². The van der Waals surface area contributed by atoms with Crippen molar-refractivity contribution < 1.29 is 4.79 Å². The van der Waals surface area contributed by atoms with Crippen molar-refractivity contribution in [1.82, 2.24) is 20.0 Å². The van der Waals surface area contributed by atoms with Gasteiger partial charge in [-0.3, -0.25) is 9.59 Å². The lowest BCUT2D eigenvalue weighted by Gasteiger charge is -2.19. The minimum absolute atomic E-state index is 0.227. The van der Waals surface area contributed by atoms with E-state index in [4.69, 9.17) is 0 Å². The third kappa shape index (κ3) is 4.60. The molecular formula is C24H28N4O2. The van der Waals surface area contributed by atoms with Crippen LogP contribution in [0.25, 0.3) is 16.5 Å². The summed E-state index contributed by atoms with van der Waals surface area (Å²) in [7, 11) is 0. The number of likely N-dealkylation sites (tertiary alicyclic amines) is 1. The number of nitrogens with zero attached hydrogens (tertiary/aromatic N) is 3. The monoisotopic (exact) mass is 404 g/mol. The van der Waals surface area contributed by atoms with E-state index in [0.29, 0.717) is 23.0 Å². The van der Waals surface area contributed by atoms with Gasteiger partial charge in [-0.2, -0.15) is 9.78 Å². The maximum atomic E-state index is 13.0. The first-order chi connectivity index (χ1) is 14.7. The Morgan fingerprint density at radius 1 is 0.900 bits per heavy atom. The predicted octanol–water partition coefficient (Wildman–Crippen LogP) is 3.38. The highest BCUT2D eigenvalue weighted by atomic mass is 16.2. The number of nitrogens with one attached hydrogen (secondary N) is 1. The standard InChI is InChI=1S/C24H28N4O2/c29-23(25-15-10-18-27-16-8-1-2-9-17-27)22-20-13-6-7-14-21(20)24(30)28(26-22)19-11-4-3-5-12-19/h3-7,11-14H,1-2,8-10,15-18H2,(H,25,29). The van der Waals surface area contributed by atoms with Crippen molar-refractivity contribution in [3.8, 4) is 5.69 Å². The van der Waals surface area contributed by atoms with Gasteiger partial charge < -0.3 is 10.2 Å². The molecule has 1 aromatic heterocycles. The maximum Gasteiger partial charge on any atom is 0.279 e. The van der Waals surface area contributed by atoms with Gasteiger partial charge in [0, 0.05) is 11.9 Å². The van der Waals surface area contributed by atoms with Gasteiger partial charge in [-0.15, -0.1) is 0 Å². The highest BCUT2D eigenvalue weighted by Crippen LogP contribution is 2.15. The molecule has 2 aromatic carbocycles. The number of hydrogen-bond acceptors (Lipinski definition) is 4. The third-order valence-electron chi connectivity index (χ3n) is 5.66. The molecule has 156 valence electrons. The highest BCUT2D eigenvalue weighted by Gasteiger charge is 2.17. The second-order valence-corrected chi connectivity index (χ2v) is 7.81. The number of rotatable bonds is 6. The summed E-state index contributed by atoms with van der Waals surface area (Å²) in [6.45, 7) is 3.90. The summed E-state index contributed by atoms with van der Waals surface area (Å²) in [6.07, 6.45) is 6.08. The molecule has 0 bridgehead atoms. The van der Waals surface area contributed by atoms with Crippen molar-refractivity contribution in [2.24, 2.45) is 0 Å². The molecule has 2 heterocycles. The lowest BCUT2D eigenvalue weighted by atomic mass is 10.1. The quantitative estimate of drug-likeness (QED) is 0.640. The number of hydrogen-bond donors (Lipinski definition) is 1. The Bertz CT molecular complexity index is 1050. The van der Waals surface area contributed by atoms with Crippen molar-refractivity contribution in [3.63, 3.8) is 0 Å². The number of carbonyl (C=O) groups excluding carboxylic acids is 1. The van der Waals surface area contributed by atoms with Crippen molar-refractivity contribution >= 4 is 16.7 Å². The first kappa shape index (κ1) is 20.3. The van der Waals surface area contributed by atoms with Crippen LogP contribution in [0.15, 0.2) is 59.4 Å². The average molecular weight is 405 g/mol. The smallest absolute Gasteiger partial charge is 0.279 e. The van der Waals surface area contributed by atoms with Gasteiger partial charge in [0.25, 0.3) is 11.5 Å². The Morgan fingerprint density at radius 2 is 1.57 bits per heavy atom. The Morgan fingerprint density at radius 3 is 2.30 bits per heavy atom. The van der Waals surface area contributed by atoms with Crippen LogP contribution < -0.4 is 10.9 Å². The minimum Gasteiger partial charge on any atom is -0.351 e. The van der Waals surface area contributed by atoms with Gasteiger partial charge in [-0.25, -0.2) is 0 Å². The molecule has 1 fully saturated rings. The van der Waals surface area contributed by atoms with Crippen LogP contribution in [-0.4, -0.2) is 46.8 Å². The van der Waals surface area contributed by atoms with E-state index in [0.717, 1.165) is 26.1 Å². The predicted molar refractivity (Wildman–Crippen MR) is 119 cm³/mol. The summed E-state index contributed by atoms with van der Waals surface area (Å²) < 4.78 is 1.31. The van der Waals surface area contributed by atoms with Crippen LogP contribution in [0.3, 0.4) is 0 Å². The topological polar surface area (TPSA) is 67.2 Å². The van der Waals surface area contributed by atoms with Crippen LogP contribution in [0.2, 0.25) is 0 Å². The Balaban J connectivity index is 1.52. The molecule has 3 aromatic rings.